The summed E-state index contributed by atoms with van der Waals surface area (Å²) in [6.45, 7) is 3.30. The van der Waals surface area contributed by atoms with Crippen molar-refractivity contribution in [3.05, 3.63) is 0 Å². The molecule has 1 heterocycles. The van der Waals surface area contributed by atoms with E-state index in [1.807, 2.05) is 0 Å². The van der Waals surface area contributed by atoms with Gasteiger partial charge >= 0.3 is 0 Å². The number of amides is 1. The van der Waals surface area contributed by atoms with E-state index in [-0.39, 0.29) is 5.91 Å². The van der Waals surface area contributed by atoms with Crippen LogP contribution in [0.25, 0.3) is 0 Å². The fourth-order valence-corrected chi connectivity index (χ4v) is 3.64. The highest BCUT2D eigenvalue weighted by Crippen LogP contribution is 2.34. The third-order valence-corrected chi connectivity index (χ3v) is 4.92. The van der Waals surface area contributed by atoms with Gasteiger partial charge in [-0.05, 0) is 39.0 Å². The minimum Gasteiger partial charge on any atom is -0.350 e. The molecule has 18 heavy (non-hydrogen) atoms. The lowest BCUT2D eigenvalue weighted by Crippen LogP contribution is -2.54. The lowest BCUT2D eigenvalue weighted by atomic mass is 9.97. The Kier molecular flexibility index (Phi) is 3.10. The molecule has 3 aliphatic rings. The Morgan fingerprint density at radius 3 is 2.61 bits per heavy atom. The second-order valence-corrected chi connectivity index (χ2v) is 6.55. The number of rotatable bonds is 3. The molecule has 0 aromatic rings. The molecule has 2 atom stereocenters. The van der Waals surface area contributed by atoms with Gasteiger partial charge in [0.2, 0.25) is 5.91 Å². The fraction of sp³-hybridized carbons (Fsp3) is 0.929. The van der Waals surface area contributed by atoms with Gasteiger partial charge in [-0.15, -0.1) is 0 Å². The molecule has 1 amide bonds. The molecule has 2 saturated carbocycles. The fourth-order valence-electron chi connectivity index (χ4n) is 3.64. The molecule has 3 N–H and O–H groups in total. The molecule has 102 valence electrons. The summed E-state index contributed by atoms with van der Waals surface area (Å²) in [6.07, 6.45) is 7.66. The molecule has 0 radical (unpaired) electrons. The van der Waals surface area contributed by atoms with E-state index >= 15 is 0 Å². The van der Waals surface area contributed by atoms with E-state index in [1.165, 1.54) is 12.8 Å². The number of likely N-dealkylation sites (tertiary alicyclic amines) is 1. The van der Waals surface area contributed by atoms with Gasteiger partial charge in [0.15, 0.2) is 0 Å². The van der Waals surface area contributed by atoms with E-state index in [0.717, 1.165) is 44.7 Å². The Hall–Kier alpha value is -0.610. The molecule has 2 unspecified atom stereocenters. The van der Waals surface area contributed by atoms with Crippen molar-refractivity contribution in [2.75, 3.05) is 6.54 Å². The van der Waals surface area contributed by atoms with Crippen LogP contribution in [-0.2, 0) is 4.79 Å². The Morgan fingerprint density at radius 1 is 1.33 bits per heavy atom. The number of carbonyl (C=O) groups excluding carboxylic acids is 1. The van der Waals surface area contributed by atoms with Gasteiger partial charge in [-0.1, -0.05) is 12.8 Å². The molecular formula is C14H25N3O. The van der Waals surface area contributed by atoms with Gasteiger partial charge in [0, 0.05) is 24.7 Å². The van der Waals surface area contributed by atoms with Crippen molar-refractivity contribution >= 4 is 5.91 Å². The van der Waals surface area contributed by atoms with E-state index in [4.69, 9.17) is 5.73 Å². The Labute approximate surface area is 109 Å². The number of nitrogens with two attached hydrogens (primary N) is 1. The molecule has 4 nitrogen and oxygen atoms in total. The summed E-state index contributed by atoms with van der Waals surface area (Å²) < 4.78 is 0. The highest BCUT2D eigenvalue weighted by molar-refractivity contribution is 5.86. The summed E-state index contributed by atoms with van der Waals surface area (Å²) >= 11 is 0. The zero-order valence-electron chi connectivity index (χ0n) is 11.3. The number of nitrogens with one attached hydrogen (secondary N) is 1. The van der Waals surface area contributed by atoms with Crippen molar-refractivity contribution in [3.63, 3.8) is 0 Å². The van der Waals surface area contributed by atoms with E-state index in [0.29, 0.717) is 12.1 Å². The zero-order chi connectivity index (χ0) is 12.8. The molecule has 0 aromatic carbocycles. The molecule has 1 aliphatic heterocycles. The minimum absolute atomic E-state index is 0.0925. The quantitative estimate of drug-likeness (QED) is 0.787. The third kappa shape index (κ3) is 2.28. The third-order valence-electron chi connectivity index (χ3n) is 4.92. The second kappa shape index (κ2) is 4.49. The maximum absolute atomic E-state index is 12.3. The molecule has 1 saturated heterocycles. The average Bonchev–Trinajstić information content (AvgIpc) is 2.97. The maximum atomic E-state index is 12.3. The van der Waals surface area contributed by atoms with Crippen molar-refractivity contribution in [2.45, 2.75) is 75.5 Å². The van der Waals surface area contributed by atoms with E-state index in [2.05, 4.69) is 17.1 Å². The molecule has 3 rings (SSSR count). The maximum Gasteiger partial charge on any atom is 0.240 e. The van der Waals surface area contributed by atoms with Crippen LogP contribution in [0.4, 0.5) is 0 Å². The zero-order valence-corrected chi connectivity index (χ0v) is 11.3. The minimum atomic E-state index is -0.573. The Bertz CT molecular complexity index is 334. The van der Waals surface area contributed by atoms with Crippen molar-refractivity contribution < 1.29 is 4.79 Å². The first-order valence-corrected chi connectivity index (χ1v) is 7.44. The standard InChI is InChI=1S/C14H25N3O/c1-10-8-11(9-17(10)12-4-5-12)16-13(18)14(15)6-2-3-7-14/h10-12H,2-9,15H2,1H3,(H,16,18). The molecule has 0 aromatic heterocycles. The van der Waals surface area contributed by atoms with Gasteiger partial charge in [0.1, 0.15) is 0 Å². The monoisotopic (exact) mass is 251 g/mol. The van der Waals surface area contributed by atoms with E-state index in [1.54, 1.807) is 0 Å². The number of carbonyl (C=O) groups is 1. The number of hydrogen-bond donors (Lipinski definition) is 2. The highest BCUT2D eigenvalue weighted by atomic mass is 16.2. The first kappa shape index (κ1) is 12.4. The van der Waals surface area contributed by atoms with Crippen LogP contribution in [0.2, 0.25) is 0 Å². The summed E-state index contributed by atoms with van der Waals surface area (Å²) in [6, 6.07) is 1.72. The molecule has 2 aliphatic carbocycles. The normalized spacial score (nSPS) is 35.9. The lowest BCUT2D eigenvalue weighted by Gasteiger charge is -2.25. The van der Waals surface area contributed by atoms with Gasteiger partial charge in [0.05, 0.1) is 5.54 Å². The number of hydrogen-bond acceptors (Lipinski definition) is 3. The van der Waals surface area contributed by atoms with Gasteiger partial charge in [0.25, 0.3) is 0 Å². The molecular weight excluding hydrogens is 226 g/mol. The van der Waals surface area contributed by atoms with Crippen LogP contribution >= 0.6 is 0 Å². The topological polar surface area (TPSA) is 58.4 Å². The van der Waals surface area contributed by atoms with Crippen LogP contribution in [0.3, 0.4) is 0 Å². The van der Waals surface area contributed by atoms with Crippen LogP contribution in [0.1, 0.15) is 51.9 Å². The van der Waals surface area contributed by atoms with Gasteiger partial charge in [-0.25, -0.2) is 0 Å². The van der Waals surface area contributed by atoms with E-state index in [9.17, 15) is 4.79 Å². The first-order chi connectivity index (χ1) is 8.58. The Balaban J connectivity index is 1.55. The largest absolute Gasteiger partial charge is 0.350 e. The van der Waals surface area contributed by atoms with Crippen molar-refractivity contribution in [1.29, 1.82) is 0 Å². The SMILES string of the molecule is CC1CC(NC(=O)C2(N)CCCC2)CN1C1CC1. The Morgan fingerprint density at radius 2 is 2.00 bits per heavy atom. The van der Waals surface area contributed by atoms with Crippen LogP contribution < -0.4 is 11.1 Å². The summed E-state index contributed by atoms with van der Waals surface area (Å²) in [7, 11) is 0. The van der Waals surface area contributed by atoms with Gasteiger partial charge < -0.3 is 11.1 Å². The first-order valence-electron chi connectivity index (χ1n) is 7.44. The average molecular weight is 251 g/mol. The van der Waals surface area contributed by atoms with Crippen molar-refractivity contribution in [3.8, 4) is 0 Å². The van der Waals surface area contributed by atoms with Crippen LogP contribution in [0.15, 0.2) is 0 Å². The van der Waals surface area contributed by atoms with Gasteiger partial charge in [-0.3, -0.25) is 9.69 Å². The lowest BCUT2D eigenvalue weighted by molar-refractivity contribution is -0.126. The van der Waals surface area contributed by atoms with Crippen LogP contribution in [-0.4, -0.2) is 41.0 Å². The molecule has 4 heteroatoms. The van der Waals surface area contributed by atoms with Crippen LogP contribution in [0, 0.1) is 0 Å². The summed E-state index contributed by atoms with van der Waals surface area (Å²) in [5, 5.41) is 3.20. The number of nitrogens with zero attached hydrogens (tertiary/aromatic N) is 1. The molecule has 3 fully saturated rings. The van der Waals surface area contributed by atoms with Gasteiger partial charge in [-0.2, -0.15) is 0 Å². The highest BCUT2D eigenvalue weighted by Gasteiger charge is 2.42. The van der Waals surface area contributed by atoms with E-state index < -0.39 is 5.54 Å². The van der Waals surface area contributed by atoms with Crippen molar-refractivity contribution in [1.82, 2.24) is 10.2 Å². The summed E-state index contributed by atoms with van der Waals surface area (Å²) in [5.74, 6) is 0.0925. The molecule has 0 spiro atoms. The second-order valence-electron chi connectivity index (χ2n) is 6.55. The predicted molar refractivity (Wildman–Crippen MR) is 71.1 cm³/mol. The van der Waals surface area contributed by atoms with Crippen molar-refractivity contribution in [2.24, 2.45) is 5.73 Å². The summed E-state index contributed by atoms with van der Waals surface area (Å²) in [4.78, 5) is 14.8. The summed E-state index contributed by atoms with van der Waals surface area (Å²) in [5.41, 5.74) is 5.62. The van der Waals surface area contributed by atoms with Crippen LogP contribution in [0.5, 0.6) is 0 Å². The molecule has 0 bridgehead atoms. The smallest absolute Gasteiger partial charge is 0.240 e. The predicted octanol–water partition coefficient (Wildman–Crippen LogP) is 0.999.